The van der Waals surface area contributed by atoms with E-state index in [1.54, 1.807) is 6.92 Å². The van der Waals surface area contributed by atoms with Gasteiger partial charge in [0.05, 0.1) is 22.9 Å². The number of hydrogen-bond acceptors (Lipinski definition) is 5. The van der Waals surface area contributed by atoms with Crippen molar-refractivity contribution in [3.63, 3.8) is 0 Å². The Balaban J connectivity index is 0.000000244. The lowest BCUT2D eigenvalue weighted by Crippen LogP contribution is -2.58. The highest BCUT2D eigenvalue weighted by Crippen LogP contribution is 2.55. The van der Waals surface area contributed by atoms with Gasteiger partial charge in [-0.05, 0) is 50.5 Å². The van der Waals surface area contributed by atoms with Crippen LogP contribution < -0.4 is 10.5 Å². The molecule has 172 valence electrons. The Morgan fingerprint density at radius 2 is 1.69 bits per heavy atom. The largest absolute Gasteiger partial charge is 0.489 e. The summed E-state index contributed by atoms with van der Waals surface area (Å²) in [5.74, 6) is 1.41. The van der Waals surface area contributed by atoms with Crippen LogP contribution in [0.25, 0.3) is 0 Å². The molecule has 1 aromatic heterocycles. The smallest absolute Gasteiger partial charge is 0.252 e. The minimum atomic E-state index is -0.479. The van der Waals surface area contributed by atoms with Gasteiger partial charge in [0.25, 0.3) is 5.91 Å². The quantitative estimate of drug-likeness (QED) is 0.692. The SMILES string of the molecule is Cc1cc(OC2C(C)(C)CC2(C)C)cc(C)c1C#N.Cc1nc(C(C)C)ncc1C(N)=O. The van der Waals surface area contributed by atoms with E-state index in [0.717, 1.165) is 28.3 Å². The molecule has 0 atom stereocenters. The molecule has 1 aliphatic carbocycles. The molecule has 1 aromatic carbocycles. The molecule has 1 aliphatic rings. The summed E-state index contributed by atoms with van der Waals surface area (Å²) in [6, 6.07) is 6.21. The number of nitriles is 1. The number of ether oxygens (including phenoxy) is 1. The number of hydrogen-bond donors (Lipinski definition) is 1. The van der Waals surface area contributed by atoms with Crippen molar-refractivity contribution in [2.45, 2.75) is 80.8 Å². The van der Waals surface area contributed by atoms with Gasteiger partial charge in [-0.3, -0.25) is 4.79 Å². The Morgan fingerprint density at radius 1 is 1.16 bits per heavy atom. The molecule has 6 heteroatoms. The standard InChI is InChI=1S/C17H23NO.C9H13N3O/c1-11-7-13(8-12(2)14(11)9-18)19-15-16(3,4)10-17(15,5)6;1-5(2)9-11-4-7(8(10)13)6(3)12-9/h7-8,15H,10H2,1-6H3;4-5H,1-3H3,(H2,10,13). The number of benzene rings is 1. The average molecular weight is 437 g/mol. The van der Waals surface area contributed by atoms with Crippen molar-refractivity contribution >= 4 is 5.91 Å². The molecule has 2 N–H and O–H groups in total. The maximum atomic E-state index is 10.8. The third kappa shape index (κ3) is 5.45. The topological polar surface area (TPSA) is 102 Å². The van der Waals surface area contributed by atoms with Gasteiger partial charge in [0.2, 0.25) is 0 Å². The van der Waals surface area contributed by atoms with Gasteiger partial charge in [-0.15, -0.1) is 0 Å². The molecule has 1 amide bonds. The van der Waals surface area contributed by atoms with Gasteiger partial charge in [-0.1, -0.05) is 41.5 Å². The van der Waals surface area contributed by atoms with E-state index in [-0.39, 0.29) is 22.9 Å². The molecule has 0 saturated heterocycles. The van der Waals surface area contributed by atoms with Crippen LogP contribution in [0.2, 0.25) is 0 Å². The molecule has 3 rings (SSSR count). The Labute approximate surface area is 192 Å². The van der Waals surface area contributed by atoms with E-state index >= 15 is 0 Å². The van der Waals surface area contributed by atoms with Crippen molar-refractivity contribution in [1.29, 1.82) is 5.26 Å². The van der Waals surface area contributed by atoms with Crippen LogP contribution in [0.5, 0.6) is 5.75 Å². The second kappa shape index (κ2) is 9.28. The van der Waals surface area contributed by atoms with Crippen LogP contribution in [0.1, 0.15) is 92.4 Å². The molecule has 6 nitrogen and oxygen atoms in total. The molecule has 1 heterocycles. The third-order valence-electron chi connectivity index (χ3n) is 5.98. The van der Waals surface area contributed by atoms with Crippen molar-refractivity contribution in [3.8, 4) is 11.8 Å². The van der Waals surface area contributed by atoms with Gasteiger partial charge >= 0.3 is 0 Å². The van der Waals surface area contributed by atoms with Gasteiger partial charge in [-0.2, -0.15) is 5.26 Å². The number of aromatic nitrogens is 2. The van der Waals surface area contributed by atoms with E-state index in [9.17, 15) is 4.79 Å². The molecule has 0 radical (unpaired) electrons. The zero-order chi connectivity index (χ0) is 24.4. The number of nitrogens with two attached hydrogens (primary N) is 1. The van der Waals surface area contributed by atoms with Gasteiger partial charge in [0.15, 0.2) is 0 Å². The monoisotopic (exact) mass is 436 g/mol. The average Bonchev–Trinajstić information content (AvgIpc) is 2.65. The molecular weight excluding hydrogens is 400 g/mol. The summed E-state index contributed by atoms with van der Waals surface area (Å²) < 4.78 is 6.23. The number of rotatable bonds is 4. The minimum absolute atomic E-state index is 0.221. The summed E-state index contributed by atoms with van der Waals surface area (Å²) in [6.45, 7) is 18.7. The van der Waals surface area contributed by atoms with Gasteiger partial charge in [0, 0.05) is 22.9 Å². The summed E-state index contributed by atoms with van der Waals surface area (Å²) in [5.41, 5.74) is 9.35. The highest BCUT2D eigenvalue weighted by molar-refractivity contribution is 5.93. The summed E-state index contributed by atoms with van der Waals surface area (Å²) in [4.78, 5) is 19.1. The third-order valence-corrected chi connectivity index (χ3v) is 5.98. The maximum Gasteiger partial charge on any atom is 0.252 e. The molecule has 0 unspecified atom stereocenters. The van der Waals surface area contributed by atoms with Crippen molar-refractivity contribution < 1.29 is 9.53 Å². The molecule has 1 fully saturated rings. The molecule has 0 bridgehead atoms. The second-order valence-corrected chi connectivity index (χ2v) is 10.4. The Hall–Kier alpha value is -2.94. The minimum Gasteiger partial charge on any atom is -0.489 e. The van der Waals surface area contributed by atoms with Gasteiger partial charge in [-0.25, -0.2) is 9.97 Å². The van der Waals surface area contributed by atoms with Crippen molar-refractivity contribution in [2.75, 3.05) is 0 Å². The lowest BCUT2D eigenvalue weighted by Gasteiger charge is -2.56. The fourth-order valence-electron chi connectivity index (χ4n) is 4.91. The van der Waals surface area contributed by atoms with Crippen LogP contribution in [0.3, 0.4) is 0 Å². The van der Waals surface area contributed by atoms with E-state index in [1.165, 1.54) is 12.6 Å². The van der Waals surface area contributed by atoms with Crippen molar-refractivity contribution in [3.05, 3.63) is 52.1 Å². The first-order chi connectivity index (χ1) is 14.7. The highest BCUT2D eigenvalue weighted by atomic mass is 16.5. The summed E-state index contributed by atoms with van der Waals surface area (Å²) in [5, 5.41) is 9.10. The molecule has 1 saturated carbocycles. The van der Waals surface area contributed by atoms with Crippen LogP contribution in [-0.4, -0.2) is 22.0 Å². The van der Waals surface area contributed by atoms with Crippen LogP contribution in [0, 0.1) is 42.9 Å². The van der Waals surface area contributed by atoms with Crippen LogP contribution in [0.4, 0.5) is 0 Å². The summed E-state index contributed by atoms with van der Waals surface area (Å²) in [7, 11) is 0. The van der Waals surface area contributed by atoms with Crippen molar-refractivity contribution in [1.82, 2.24) is 9.97 Å². The first-order valence-corrected chi connectivity index (χ1v) is 11.0. The Bertz CT molecular complexity index is 1010. The predicted molar refractivity (Wildman–Crippen MR) is 127 cm³/mol. The van der Waals surface area contributed by atoms with Gasteiger partial charge in [0.1, 0.15) is 17.7 Å². The number of carbonyl (C=O) groups excluding carboxylic acids is 1. The van der Waals surface area contributed by atoms with Crippen LogP contribution >= 0.6 is 0 Å². The van der Waals surface area contributed by atoms with Gasteiger partial charge < -0.3 is 10.5 Å². The van der Waals surface area contributed by atoms with E-state index in [1.807, 2.05) is 39.8 Å². The first kappa shape index (κ1) is 25.3. The molecule has 2 aromatic rings. The number of amides is 1. The maximum absolute atomic E-state index is 10.8. The fraction of sp³-hybridized carbons (Fsp3) is 0.538. The number of nitrogens with zero attached hydrogens (tertiary/aromatic N) is 3. The lowest BCUT2D eigenvalue weighted by molar-refractivity contribution is -0.133. The zero-order valence-corrected chi connectivity index (χ0v) is 20.8. The zero-order valence-electron chi connectivity index (χ0n) is 20.8. The Morgan fingerprint density at radius 3 is 2.06 bits per heavy atom. The second-order valence-electron chi connectivity index (χ2n) is 10.4. The number of primary amides is 1. The van der Waals surface area contributed by atoms with E-state index in [2.05, 4.69) is 43.7 Å². The Kier molecular flexibility index (Phi) is 7.34. The molecule has 0 spiro atoms. The number of aryl methyl sites for hydroxylation is 3. The lowest BCUT2D eigenvalue weighted by atomic mass is 9.53. The van der Waals surface area contributed by atoms with Crippen molar-refractivity contribution in [2.24, 2.45) is 16.6 Å². The molecular formula is C26H36N4O2. The van der Waals surface area contributed by atoms with E-state index in [4.69, 9.17) is 15.7 Å². The molecule has 0 aliphatic heterocycles. The first-order valence-electron chi connectivity index (χ1n) is 11.0. The fourth-order valence-corrected chi connectivity index (χ4v) is 4.91. The van der Waals surface area contributed by atoms with Crippen LogP contribution in [-0.2, 0) is 0 Å². The summed E-state index contributed by atoms with van der Waals surface area (Å²) in [6.07, 6.45) is 2.89. The highest BCUT2D eigenvalue weighted by Gasteiger charge is 2.54. The number of carbonyl (C=O) groups is 1. The van der Waals surface area contributed by atoms with Crippen LogP contribution in [0.15, 0.2) is 18.3 Å². The predicted octanol–water partition coefficient (Wildman–Crippen LogP) is 5.39. The summed E-state index contributed by atoms with van der Waals surface area (Å²) >= 11 is 0. The normalized spacial score (nSPS) is 16.4. The van der Waals surface area contributed by atoms with E-state index in [0.29, 0.717) is 11.3 Å². The molecule has 32 heavy (non-hydrogen) atoms. The van der Waals surface area contributed by atoms with E-state index < -0.39 is 5.91 Å².